The van der Waals surface area contributed by atoms with Crippen LogP contribution in [0, 0.1) is 11.8 Å². The molecule has 2 heterocycles. The summed E-state index contributed by atoms with van der Waals surface area (Å²) in [7, 11) is 0. The van der Waals surface area contributed by atoms with Crippen molar-refractivity contribution in [2.75, 3.05) is 26.4 Å². The average Bonchev–Trinajstić information content (AvgIpc) is 2.85. The van der Waals surface area contributed by atoms with Crippen LogP contribution in [0.15, 0.2) is 0 Å². The molecule has 3 nitrogen and oxygen atoms in total. The van der Waals surface area contributed by atoms with Gasteiger partial charge in [0.15, 0.2) is 0 Å². The molecule has 0 aromatic carbocycles. The summed E-state index contributed by atoms with van der Waals surface area (Å²) >= 11 is 0. The number of rotatable bonds is 6. The smallest absolute Gasteiger partial charge is 0.0939 e. The molecule has 1 N–H and O–H groups in total. The third-order valence-electron chi connectivity index (χ3n) is 5.64. The molecule has 2 saturated heterocycles. The third kappa shape index (κ3) is 3.37. The second kappa shape index (κ2) is 6.76. The van der Waals surface area contributed by atoms with Crippen molar-refractivity contribution in [1.82, 2.24) is 5.32 Å². The van der Waals surface area contributed by atoms with Crippen molar-refractivity contribution in [1.29, 1.82) is 0 Å². The van der Waals surface area contributed by atoms with Gasteiger partial charge in [-0.1, -0.05) is 26.2 Å². The Labute approximate surface area is 123 Å². The highest BCUT2D eigenvalue weighted by atomic mass is 16.6. The van der Waals surface area contributed by atoms with Gasteiger partial charge in [-0.25, -0.2) is 0 Å². The Kier molecular flexibility index (Phi) is 5.00. The second-order valence-corrected chi connectivity index (χ2v) is 7.18. The van der Waals surface area contributed by atoms with Gasteiger partial charge in [-0.2, -0.15) is 0 Å². The summed E-state index contributed by atoms with van der Waals surface area (Å²) < 4.78 is 11.7. The molecule has 3 atom stereocenters. The maximum atomic E-state index is 6.10. The van der Waals surface area contributed by atoms with E-state index in [1.807, 2.05) is 0 Å². The minimum atomic E-state index is 0.0642. The normalized spacial score (nSPS) is 36.1. The summed E-state index contributed by atoms with van der Waals surface area (Å²) in [5, 5.41) is 3.85. The van der Waals surface area contributed by atoms with Crippen LogP contribution in [0.5, 0.6) is 0 Å². The molecule has 3 heteroatoms. The number of hydrogen-bond donors (Lipinski definition) is 1. The molecular weight excluding hydrogens is 250 g/mol. The lowest BCUT2D eigenvalue weighted by Crippen LogP contribution is -2.48. The van der Waals surface area contributed by atoms with Gasteiger partial charge in [0, 0.05) is 25.7 Å². The van der Waals surface area contributed by atoms with E-state index in [2.05, 4.69) is 12.2 Å². The van der Waals surface area contributed by atoms with Crippen LogP contribution < -0.4 is 5.32 Å². The number of ether oxygens (including phenoxy) is 2. The van der Waals surface area contributed by atoms with Gasteiger partial charge in [-0.15, -0.1) is 0 Å². The van der Waals surface area contributed by atoms with E-state index in [0.717, 1.165) is 44.6 Å². The highest BCUT2D eigenvalue weighted by Crippen LogP contribution is 2.40. The van der Waals surface area contributed by atoms with Gasteiger partial charge in [0.1, 0.15) is 0 Å². The molecule has 3 rings (SSSR count). The summed E-state index contributed by atoms with van der Waals surface area (Å²) in [4.78, 5) is 0. The molecule has 0 amide bonds. The molecule has 116 valence electrons. The number of nitrogens with one attached hydrogen (secondary N) is 1. The van der Waals surface area contributed by atoms with Gasteiger partial charge in [0.2, 0.25) is 0 Å². The minimum Gasteiger partial charge on any atom is -0.378 e. The first-order valence-corrected chi connectivity index (χ1v) is 8.76. The fourth-order valence-corrected chi connectivity index (χ4v) is 4.13. The van der Waals surface area contributed by atoms with Crippen LogP contribution in [0.4, 0.5) is 0 Å². The van der Waals surface area contributed by atoms with Crippen molar-refractivity contribution in [3.05, 3.63) is 0 Å². The molecule has 3 unspecified atom stereocenters. The predicted molar refractivity (Wildman–Crippen MR) is 80.9 cm³/mol. The van der Waals surface area contributed by atoms with Crippen LogP contribution in [0.2, 0.25) is 0 Å². The molecule has 0 aromatic heterocycles. The topological polar surface area (TPSA) is 30.5 Å². The van der Waals surface area contributed by atoms with E-state index < -0.39 is 0 Å². The van der Waals surface area contributed by atoms with Crippen LogP contribution in [-0.2, 0) is 9.47 Å². The predicted octanol–water partition coefficient (Wildman–Crippen LogP) is 3.13. The molecule has 1 saturated carbocycles. The van der Waals surface area contributed by atoms with E-state index in [1.165, 1.54) is 44.9 Å². The molecule has 3 fully saturated rings. The van der Waals surface area contributed by atoms with Crippen LogP contribution in [0.3, 0.4) is 0 Å². The van der Waals surface area contributed by atoms with E-state index in [-0.39, 0.29) is 5.60 Å². The first-order valence-electron chi connectivity index (χ1n) is 8.76. The van der Waals surface area contributed by atoms with Crippen molar-refractivity contribution in [2.45, 2.75) is 69.9 Å². The average molecular weight is 281 g/mol. The molecule has 3 aliphatic rings. The summed E-state index contributed by atoms with van der Waals surface area (Å²) in [5.41, 5.74) is 0.0642. The highest BCUT2D eigenvalue weighted by molar-refractivity contribution is 4.94. The quantitative estimate of drug-likeness (QED) is 0.811. The zero-order chi connectivity index (χ0) is 13.8. The zero-order valence-corrected chi connectivity index (χ0v) is 13.0. The monoisotopic (exact) mass is 281 g/mol. The van der Waals surface area contributed by atoms with Crippen LogP contribution in [-0.4, -0.2) is 38.0 Å². The molecule has 0 bridgehead atoms. The fourth-order valence-electron chi connectivity index (χ4n) is 4.13. The van der Waals surface area contributed by atoms with Crippen LogP contribution in [0.25, 0.3) is 0 Å². The largest absolute Gasteiger partial charge is 0.378 e. The third-order valence-corrected chi connectivity index (χ3v) is 5.64. The van der Waals surface area contributed by atoms with Crippen LogP contribution >= 0.6 is 0 Å². The highest BCUT2D eigenvalue weighted by Gasteiger charge is 2.43. The Morgan fingerprint density at radius 3 is 2.80 bits per heavy atom. The Bertz CT molecular complexity index is 297. The molecule has 1 spiro atoms. The van der Waals surface area contributed by atoms with Gasteiger partial charge in [-0.05, 0) is 44.1 Å². The lowest BCUT2D eigenvalue weighted by molar-refractivity contribution is -0.104. The van der Waals surface area contributed by atoms with Gasteiger partial charge in [0.05, 0.1) is 12.2 Å². The molecule has 20 heavy (non-hydrogen) atoms. The maximum absolute atomic E-state index is 6.10. The standard InChI is InChI=1S/C17H31NO2/c1-2-8-18-16(11-14-4-3-5-14)15-6-9-20-17(12-15)7-10-19-13-17/h14-16,18H,2-13H2,1H3. The summed E-state index contributed by atoms with van der Waals surface area (Å²) in [6, 6.07) is 0.710. The van der Waals surface area contributed by atoms with Gasteiger partial charge in [0.25, 0.3) is 0 Å². The van der Waals surface area contributed by atoms with E-state index in [0.29, 0.717) is 6.04 Å². The Morgan fingerprint density at radius 2 is 2.15 bits per heavy atom. The molecule has 2 aliphatic heterocycles. The Hall–Kier alpha value is -0.120. The van der Waals surface area contributed by atoms with Gasteiger partial charge < -0.3 is 14.8 Å². The van der Waals surface area contributed by atoms with Crippen molar-refractivity contribution in [3.63, 3.8) is 0 Å². The molecule has 1 aliphatic carbocycles. The SMILES string of the molecule is CCCNC(CC1CCC1)C1CCOC2(CCOC2)C1. The molecular formula is C17H31NO2. The zero-order valence-electron chi connectivity index (χ0n) is 13.0. The lowest BCUT2D eigenvalue weighted by Gasteiger charge is -2.42. The number of hydrogen-bond acceptors (Lipinski definition) is 3. The maximum Gasteiger partial charge on any atom is 0.0939 e. The Balaban J connectivity index is 1.59. The molecule has 0 aromatic rings. The van der Waals surface area contributed by atoms with E-state index >= 15 is 0 Å². The van der Waals surface area contributed by atoms with Crippen molar-refractivity contribution in [2.24, 2.45) is 11.8 Å². The van der Waals surface area contributed by atoms with Crippen LogP contribution in [0.1, 0.15) is 58.3 Å². The van der Waals surface area contributed by atoms with E-state index in [1.54, 1.807) is 0 Å². The van der Waals surface area contributed by atoms with Crippen molar-refractivity contribution >= 4 is 0 Å². The van der Waals surface area contributed by atoms with Crippen molar-refractivity contribution < 1.29 is 9.47 Å². The van der Waals surface area contributed by atoms with Gasteiger partial charge >= 0.3 is 0 Å². The Morgan fingerprint density at radius 1 is 1.25 bits per heavy atom. The van der Waals surface area contributed by atoms with Crippen molar-refractivity contribution in [3.8, 4) is 0 Å². The summed E-state index contributed by atoms with van der Waals surface area (Å²) in [6.07, 6.45) is 10.5. The first-order chi connectivity index (χ1) is 9.81. The van der Waals surface area contributed by atoms with E-state index in [4.69, 9.17) is 9.47 Å². The lowest BCUT2D eigenvalue weighted by atomic mass is 9.74. The summed E-state index contributed by atoms with van der Waals surface area (Å²) in [6.45, 7) is 6.08. The second-order valence-electron chi connectivity index (χ2n) is 7.18. The molecule has 0 radical (unpaired) electrons. The fraction of sp³-hybridized carbons (Fsp3) is 1.00. The van der Waals surface area contributed by atoms with Gasteiger partial charge in [-0.3, -0.25) is 0 Å². The summed E-state index contributed by atoms with van der Waals surface area (Å²) in [5.74, 6) is 1.78. The van der Waals surface area contributed by atoms with E-state index in [9.17, 15) is 0 Å². The minimum absolute atomic E-state index is 0.0642. The first kappa shape index (κ1) is 14.8.